The summed E-state index contributed by atoms with van der Waals surface area (Å²) >= 11 is 2.71. The third-order valence-electron chi connectivity index (χ3n) is 7.07. The van der Waals surface area contributed by atoms with Crippen molar-refractivity contribution in [2.45, 2.75) is 24.5 Å². The molecule has 4 atom stereocenters. The number of carbonyl (C=O) groups is 3. The molecule has 2 amide bonds. The Balaban J connectivity index is 1.61. The van der Waals surface area contributed by atoms with Crippen molar-refractivity contribution in [2.75, 3.05) is 7.11 Å². The van der Waals surface area contributed by atoms with Gasteiger partial charge in [0.15, 0.2) is 5.78 Å². The van der Waals surface area contributed by atoms with Crippen LogP contribution in [0.3, 0.4) is 0 Å². The molecule has 1 aliphatic heterocycles. The lowest BCUT2D eigenvalue weighted by Gasteiger charge is -2.29. The minimum absolute atomic E-state index is 0.0758. The first-order valence-corrected chi connectivity index (χ1v) is 14.3. The number of Topliss-reactive ketones (excluding diaryl/α,β-unsaturated/α-hetero) is 1. The number of rotatable bonds is 8. The molecular formula is C29H24FN3O6S2. The average molecular weight is 594 g/mol. The molecule has 0 spiro atoms. The zero-order valence-corrected chi connectivity index (χ0v) is 23.3. The molecule has 2 aromatic heterocycles. The molecule has 4 aromatic rings. The largest absolute Gasteiger partial charge is 0.453 e. The van der Waals surface area contributed by atoms with Crippen LogP contribution in [0.5, 0.6) is 0 Å². The van der Waals surface area contributed by atoms with E-state index >= 15 is 0 Å². The number of nitrogens with one attached hydrogen (secondary N) is 1. The second kappa shape index (κ2) is 12.0. The van der Waals surface area contributed by atoms with Crippen molar-refractivity contribution in [3.8, 4) is 0 Å². The quantitative estimate of drug-likeness (QED) is 0.153. The van der Waals surface area contributed by atoms with E-state index in [1.165, 1.54) is 71.1 Å². The topological polar surface area (TPSA) is 119 Å². The lowest BCUT2D eigenvalue weighted by molar-refractivity contribution is -0.384. The zero-order chi connectivity index (χ0) is 29.1. The first-order valence-electron chi connectivity index (χ1n) is 12.5. The van der Waals surface area contributed by atoms with Crippen LogP contribution in [0.2, 0.25) is 0 Å². The van der Waals surface area contributed by atoms with Crippen molar-refractivity contribution in [3.63, 3.8) is 0 Å². The lowest BCUT2D eigenvalue weighted by atomic mass is 9.80. The van der Waals surface area contributed by atoms with Gasteiger partial charge in [0.05, 0.1) is 24.0 Å². The van der Waals surface area contributed by atoms with Gasteiger partial charge in [-0.2, -0.15) is 0 Å². The molecule has 0 saturated carbocycles. The number of ether oxygens (including phenoxy) is 1. The first-order chi connectivity index (χ1) is 19.8. The van der Waals surface area contributed by atoms with Crippen LogP contribution in [0.1, 0.15) is 37.6 Å². The van der Waals surface area contributed by atoms with Gasteiger partial charge in [-0.25, -0.2) is 9.18 Å². The van der Waals surface area contributed by atoms with Crippen molar-refractivity contribution < 1.29 is 28.4 Å². The minimum Gasteiger partial charge on any atom is -0.453 e. The minimum atomic E-state index is -1.12. The fourth-order valence-electron chi connectivity index (χ4n) is 5.26. The van der Waals surface area contributed by atoms with Crippen LogP contribution in [-0.4, -0.2) is 40.8 Å². The van der Waals surface area contributed by atoms with E-state index in [0.29, 0.717) is 10.4 Å². The van der Waals surface area contributed by atoms with Crippen molar-refractivity contribution in [1.29, 1.82) is 0 Å². The van der Waals surface area contributed by atoms with Gasteiger partial charge in [0.25, 0.3) is 5.69 Å². The number of non-ortho nitro benzene ring substituents is 1. The second-order valence-electron chi connectivity index (χ2n) is 9.36. The van der Waals surface area contributed by atoms with Crippen molar-refractivity contribution in [2.24, 2.45) is 5.92 Å². The number of nitrogens with zero attached hydrogens (tertiary/aromatic N) is 2. The number of ketones is 1. The maximum atomic E-state index is 14.3. The van der Waals surface area contributed by atoms with E-state index in [1.54, 1.807) is 24.3 Å². The molecule has 9 nitrogen and oxygen atoms in total. The summed E-state index contributed by atoms with van der Waals surface area (Å²) in [5.74, 6) is -2.93. The molecule has 0 aliphatic carbocycles. The highest BCUT2D eigenvalue weighted by molar-refractivity contribution is 7.10. The molecule has 1 fully saturated rings. The van der Waals surface area contributed by atoms with E-state index in [9.17, 15) is 28.9 Å². The van der Waals surface area contributed by atoms with Gasteiger partial charge in [0.1, 0.15) is 11.9 Å². The Morgan fingerprint density at radius 3 is 2.17 bits per heavy atom. The Kier molecular flexibility index (Phi) is 8.22. The number of nitro groups is 1. The lowest BCUT2D eigenvalue weighted by Crippen LogP contribution is -2.48. The van der Waals surface area contributed by atoms with E-state index in [4.69, 9.17) is 4.74 Å². The molecule has 3 heterocycles. The van der Waals surface area contributed by atoms with Crippen LogP contribution in [0, 0.1) is 21.8 Å². The van der Waals surface area contributed by atoms with Gasteiger partial charge >= 0.3 is 6.09 Å². The summed E-state index contributed by atoms with van der Waals surface area (Å²) in [6.07, 6.45) is -0.772. The average Bonchev–Trinajstić information content (AvgIpc) is 3.76. The highest BCUT2D eigenvalue weighted by Crippen LogP contribution is 2.53. The molecule has 1 aliphatic rings. The smallest absolute Gasteiger partial charge is 0.410 e. The standard InChI is InChI=1S/C29H24FN3O6S2/c1-39-29(36)32-25(22-5-3-15-41-22)24(27(34)18-8-12-20(13-9-18)33(37)38)23(21-4-2-14-40-21)26(32)28(35)31-16-17-6-10-19(30)11-7-17/h2-15,23-26H,16H2,1H3,(H,31,35). The third kappa shape index (κ3) is 5.61. The number of halogens is 1. The van der Waals surface area contributed by atoms with E-state index < -0.39 is 46.7 Å². The Morgan fingerprint density at radius 2 is 1.61 bits per heavy atom. The number of likely N-dealkylation sites (tertiary alicyclic amines) is 1. The van der Waals surface area contributed by atoms with Crippen LogP contribution in [0.4, 0.5) is 14.9 Å². The van der Waals surface area contributed by atoms with Crippen molar-refractivity contribution >= 4 is 46.1 Å². The Bertz CT molecular complexity index is 1540. The number of carbonyl (C=O) groups excluding carboxylic acids is 3. The Labute approximate surface area is 242 Å². The molecular weight excluding hydrogens is 569 g/mol. The van der Waals surface area contributed by atoms with Crippen LogP contribution in [0.15, 0.2) is 83.6 Å². The first kappa shape index (κ1) is 28.1. The molecule has 0 radical (unpaired) electrons. The molecule has 2 aromatic carbocycles. The van der Waals surface area contributed by atoms with Crippen LogP contribution >= 0.6 is 22.7 Å². The van der Waals surface area contributed by atoms with E-state index in [-0.39, 0.29) is 23.6 Å². The predicted octanol–water partition coefficient (Wildman–Crippen LogP) is 5.95. The summed E-state index contributed by atoms with van der Waals surface area (Å²) in [6, 6.07) is 16.2. The van der Waals surface area contributed by atoms with Gasteiger partial charge in [-0.15, -0.1) is 22.7 Å². The van der Waals surface area contributed by atoms with Crippen molar-refractivity contribution in [3.05, 3.63) is 120 Å². The van der Waals surface area contributed by atoms with Gasteiger partial charge in [-0.05, 0) is 52.7 Å². The predicted molar refractivity (Wildman–Crippen MR) is 151 cm³/mol. The molecule has 41 heavy (non-hydrogen) atoms. The molecule has 4 unspecified atom stereocenters. The normalized spacial score (nSPS) is 20.0. The van der Waals surface area contributed by atoms with Crippen LogP contribution in [-0.2, 0) is 16.1 Å². The highest BCUT2D eigenvalue weighted by Gasteiger charge is 2.58. The number of nitro benzene ring substituents is 1. The fourth-order valence-corrected chi connectivity index (χ4v) is 7.04. The number of methoxy groups -OCH3 is 1. The number of hydrogen-bond donors (Lipinski definition) is 1. The molecule has 0 bridgehead atoms. The fraction of sp³-hybridized carbons (Fsp3) is 0.207. The van der Waals surface area contributed by atoms with E-state index in [2.05, 4.69) is 5.32 Å². The number of benzene rings is 2. The van der Waals surface area contributed by atoms with Gasteiger partial charge in [-0.1, -0.05) is 24.3 Å². The van der Waals surface area contributed by atoms with Gasteiger partial charge in [0, 0.05) is 39.9 Å². The summed E-state index contributed by atoms with van der Waals surface area (Å²) in [5.41, 5.74) is 0.719. The number of amides is 2. The molecule has 210 valence electrons. The molecule has 12 heteroatoms. The van der Waals surface area contributed by atoms with Crippen molar-refractivity contribution in [1.82, 2.24) is 10.2 Å². The molecule has 1 saturated heterocycles. The number of hydrogen-bond acceptors (Lipinski definition) is 8. The summed E-state index contributed by atoms with van der Waals surface area (Å²) in [6.45, 7) is 0.0758. The zero-order valence-electron chi connectivity index (χ0n) is 21.6. The molecule has 5 rings (SSSR count). The maximum absolute atomic E-state index is 14.3. The SMILES string of the molecule is COC(=O)N1C(C(=O)NCc2ccc(F)cc2)C(c2cccs2)C(C(=O)c2ccc([N+](=O)[O-])cc2)C1c1cccs1. The summed E-state index contributed by atoms with van der Waals surface area (Å²) in [5, 5.41) is 17.7. The summed E-state index contributed by atoms with van der Waals surface area (Å²) in [4.78, 5) is 55.0. The highest BCUT2D eigenvalue weighted by atomic mass is 32.1. The van der Waals surface area contributed by atoms with Gasteiger partial charge in [-0.3, -0.25) is 24.6 Å². The summed E-state index contributed by atoms with van der Waals surface area (Å²) in [7, 11) is 1.22. The van der Waals surface area contributed by atoms with Crippen LogP contribution in [0.25, 0.3) is 0 Å². The van der Waals surface area contributed by atoms with Gasteiger partial charge < -0.3 is 10.1 Å². The monoisotopic (exact) mass is 593 g/mol. The third-order valence-corrected chi connectivity index (χ3v) is 8.99. The summed E-state index contributed by atoms with van der Waals surface area (Å²) < 4.78 is 18.6. The maximum Gasteiger partial charge on any atom is 0.410 e. The Morgan fingerprint density at radius 1 is 0.976 bits per heavy atom. The second-order valence-corrected chi connectivity index (χ2v) is 11.3. The Hall–Kier alpha value is -4.42. The molecule has 1 N–H and O–H groups in total. The van der Waals surface area contributed by atoms with E-state index in [1.807, 2.05) is 22.9 Å². The van der Waals surface area contributed by atoms with E-state index in [0.717, 1.165) is 4.88 Å². The number of thiophene rings is 2. The van der Waals surface area contributed by atoms with Gasteiger partial charge in [0.2, 0.25) is 5.91 Å². The van der Waals surface area contributed by atoms with Crippen LogP contribution < -0.4 is 5.32 Å².